The summed E-state index contributed by atoms with van der Waals surface area (Å²) in [5.74, 6) is 1.99. The number of amides is 2. The second-order valence-corrected chi connectivity index (χ2v) is 22.9. The minimum atomic E-state index is -4.41. The lowest BCUT2D eigenvalue weighted by molar-refractivity contribution is -0.121. The molecule has 2 aliphatic heterocycles. The van der Waals surface area contributed by atoms with E-state index in [0.717, 1.165) is 76.5 Å². The monoisotopic (exact) mass is 1070 g/mol. The van der Waals surface area contributed by atoms with Crippen molar-refractivity contribution in [2.24, 2.45) is 5.41 Å². The normalized spacial score (nSPS) is 16.9. The molecule has 1 unspecified atom stereocenters. The van der Waals surface area contributed by atoms with Gasteiger partial charge in [0.2, 0.25) is 11.8 Å². The maximum absolute atomic E-state index is 13.7. The molecule has 404 valence electrons. The van der Waals surface area contributed by atoms with Gasteiger partial charge in [-0.15, -0.1) is 0 Å². The first kappa shape index (κ1) is 57.3. The number of hydrogen-bond donors (Lipinski definition) is 3. The topological polar surface area (TPSA) is 160 Å². The summed E-state index contributed by atoms with van der Waals surface area (Å²) in [6, 6.07) is 17.1. The number of benzene rings is 3. The van der Waals surface area contributed by atoms with Crippen molar-refractivity contribution in [1.29, 1.82) is 0 Å². The van der Waals surface area contributed by atoms with Gasteiger partial charge >= 0.3 is 0 Å². The molecule has 1 aromatic heterocycles. The number of carbonyl (C=O) groups excluding carboxylic acids is 3. The Morgan fingerprint density at radius 1 is 0.908 bits per heavy atom. The number of aromatic nitrogens is 1. The number of unbranched alkanes of at least 4 members (excludes halogenated alkanes) is 3. The van der Waals surface area contributed by atoms with Crippen molar-refractivity contribution < 1.29 is 36.8 Å². The zero-order valence-electron chi connectivity index (χ0n) is 45.5. The SMILES string of the molecule is CCN(CC)C1C=CC2=C(/C=C/C=C/C=C3/N(CCCCCC(=O)NCCCCNC(=O)Cc4c(C)n(C(=O)c5ccc(Cl)cc5)c5ccc(OC)cc45)c4ccc(S(=O)(=O)O)cc4C3(C)C)C=C(C(C)(C)C)OC2=C1. The molecule has 1 atom stereocenters. The van der Waals surface area contributed by atoms with Crippen molar-refractivity contribution in [2.75, 3.05) is 44.7 Å². The summed E-state index contributed by atoms with van der Waals surface area (Å²) in [6.07, 6.45) is 23.0. The maximum atomic E-state index is 13.7. The zero-order valence-corrected chi connectivity index (χ0v) is 47.0. The van der Waals surface area contributed by atoms with Gasteiger partial charge in [-0.3, -0.25) is 28.4 Å². The molecule has 13 nitrogen and oxygen atoms in total. The Kier molecular flexibility index (Phi) is 18.6. The molecule has 2 amide bonds. The van der Waals surface area contributed by atoms with Crippen LogP contribution in [0.3, 0.4) is 0 Å². The van der Waals surface area contributed by atoms with Gasteiger partial charge in [-0.1, -0.05) is 103 Å². The van der Waals surface area contributed by atoms with Crippen LogP contribution in [0.25, 0.3) is 10.9 Å². The molecular weight excluding hydrogens is 998 g/mol. The number of allylic oxidation sites excluding steroid dienone is 10. The van der Waals surface area contributed by atoms with E-state index in [0.29, 0.717) is 72.9 Å². The van der Waals surface area contributed by atoms with E-state index in [2.05, 4.69) is 105 Å². The van der Waals surface area contributed by atoms with Gasteiger partial charge in [0.25, 0.3) is 16.0 Å². The fraction of sp³-hybridized carbons (Fsp3) is 0.393. The highest BCUT2D eigenvalue weighted by Gasteiger charge is 2.40. The lowest BCUT2D eigenvalue weighted by atomic mass is 9.83. The van der Waals surface area contributed by atoms with Crippen LogP contribution in [0.15, 0.2) is 149 Å². The van der Waals surface area contributed by atoms with E-state index in [1.807, 2.05) is 37.3 Å². The highest BCUT2D eigenvalue weighted by molar-refractivity contribution is 7.85. The van der Waals surface area contributed by atoms with Crippen molar-refractivity contribution in [3.05, 3.63) is 171 Å². The minimum absolute atomic E-state index is 0.0262. The Bertz CT molecular complexity index is 3160. The van der Waals surface area contributed by atoms with Gasteiger partial charge in [-0.05, 0) is 141 Å². The molecule has 3 aromatic carbocycles. The predicted octanol–water partition coefficient (Wildman–Crippen LogP) is 11.9. The smallest absolute Gasteiger partial charge is 0.294 e. The van der Waals surface area contributed by atoms with E-state index >= 15 is 0 Å². The minimum Gasteiger partial charge on any atom is -0.497 e. The van der Waals surface area contributed by atoms with E-state index < -0.39 is 15.5 Å². The number of methoxy groups -OCH3 is 1. The molecule has 0 saturated carbocycles. The van der Waals surface area contributed by atoms with Gasteiger partial charge in [-0.25, -0.2) is 0 Å². The molecule has 4 aromatic rings. The largest absolute Gasteiger partial charge is 0.497 e. The van der Waals surface area contributed by atoms with E-state index in [1.165, 1.54) is 6.07 Å². The molecule has 0 saturated heterocycles. The van der Waals surface area contributed by atoms with Crippen LogP contribution < -0.4 is 20.3 Å². The Morgan fingerprint density at radius 3 is 2.29 bits per heavy atom. The van der Waals surface area contributed by atoms with Gasteiger partial charge < -0.3 is 25.0 Å². The third kappa shape index (κ3) is 13.4. The van der Waals surface area contributed by atoms with Crippen molar-refractivity contribution in [2.45, 2.75) is 117 Å². The van der Waals surface area contributed by atoms with Gasteiger partial charge in [0.1, 0.15) is 17.3 Å². The van der Waals surface area contributed by atoms with Crippen molar-refractivity contribution in [3.8, 4) is 5.75 Å². The summed E-state index contributed by atoms with van der Waals surface area (Å²) in [5, 5.41) is 7.32. The average Bonchev–Trinajstić information content (AvgIpc) is 3.78. The van der Waals surface area contributed by atoms with Crippen LogP contribution in [0.1, 0.15) is 114 Å². The fourth-order valence-electron chi connectivity index (χ4n) is 10.1. The highest BCUT2D eigenvalue weighted by Crippen LogP contribution is 2.49. The van der Waals surface area contributed by atoms with E-state index in [4.69, 9.17) is 21.1 Å². The Hall–Kier alpha value is -6.45. The number of nitrogens with zero attached hydrogens (tertiary/aromatic N) is 3. The van der Waals surface area contributed by atoms with Gasteiger partial charge in [0, 0.05) is 75.5 Å². The molecule has 76 heavy (non-hydrogen) atoms. The molecule has 1 aliphatic carbocycles. The molecular formula is C61H74ClN5O8S. The van der Waals surface area contributed by atoms with Gasteiger partial charge in [-0.2, -0.15) is 8.42 Å². The predicted molar refractivity (Wildman–Crippen MR) is 304 cm³/mol. The first-order valence-corrected chi connectivity index (χ1v) is 28.2. The number of anilines is 1. The zero-order chi connectivity index (χ0) is 55.0. The molecule has 15 heteroatoms. The van der Waals surface area contributed by atoms with Crippen LogP contribution in [0.5, 0.6) is 5.75 Å². The average molecular weight is 1070 g/mol. The van der Waals surface area contributed by atoms with E-state index in [9.17, 15) is 27.4 Å². The van der Waals surface area contributed by atoms with E-state index in [-0.39, 0.29) is 40.5 Å². The van der Waals surface area contributed by atoms with E-state index in [1.54, 1.807) is 54.1 Å². The number of fused-ring (bicyclic) bond motifs is 3. The number of likely N-dealkylation sites (N-methyl/N-ethyl adjacent to an activating group) is 1. The van der Waals surface area contributed by atoms with Crippen LogP contribution in [0.2, 0.25) is 5.02 Å². The summed E-state index contributed by atoms with van der Waals surface area (Å²) in [6.45, 7) is 20.2. The highest BCUT2D eigenvalue weighted by atomic mass is 35.5. The third-order valence-electron chi connectivity index (χ3n) is 14.5. The molecule has 3 heterocycles. The molecule has 3 aliphatic rings. The van der Waals surface area contributed by atoms with Gasteiger partial charge in [0.05, 0.1) is 30.0 Å². The molecule has 7 rings (SSSR count). The molecule has 0 spiro atoms. The number of carbonyl (C=O) groups is 3. The second-order valence-electron chi connectivity index (χ2n) is 21.0. The summed E-state index contributed by atoms with van der Waals surface area (Å²) in [7, 11) is -2.84. The Labute approximate surface area is 454 Å². The lowest BCUT2D eigenvalue weighted by Crippen LogP contribution is -2.34. The van der Waals surface area contributed by atoms with Gasteiger partial charge in [0.15, 0.2) is 0 Å². The Morgan fingerprint density at radius 2 is 1.62 bits per heavy atom. The molecule has 3 N–H and O–H groups in total. The number of nitrogens with one attached hydrogen (secondary N) is 2. The molecule has 0 fully saturated rings. The number of halogens is 1. The first-order chi connectivity index (χ1) is 36.2. The summed E-state index contributed by atoms with van der Waals surface area (Å²) >= 11 is 6.08. The fourth-order valence-corrected chi connectivity index (χ4v) is 10.8. The van der Waals surface area contributed by atoms with Crippen LogP contribution in [0, 0.1) is 12.3 Å². The quantitative estimate of drug-likeness (QED) is 0.0393. The summed E-state index contributed by atoms with van der Waals surface area (Å²) in [4.78, 5) is 44.3. The molecule has 0 radical (unpaired) electrons. The standard InChI is InChI=1S/C61H74ClN5O8S/c1-10-65(11-2)45-27-30-48-43(36-56(60(4,5)6)75-54(48)37-45)20-14-12-15-21-55-61(7,8)51-39-47(76(71,72)73)29-32-53(51)66(55)35-19-13-16-22-57(68)63-33-17-18-34-64-58(69)40-49-41(3)67(52-31-28-46(74-9)38-50(49)52)59(70)42-23-25-44(62)26-24-42/h12,14-15,20-21,23-32,36-39,45H,10-11,13,16-19,22,33-35,40H2,1-9H3,(H,63,68)(H,64,69)(H,71,72,73)/b15-12+,20-14+,55-21+. The van der Waals surface area contributed by atoms with Crippen molar-refractivity contribution in [1.82, 2.24) is 20.1 Å². The Balaban J connectivity index is 0.908. The number of hydrogen-bond acceptors (Lipinski definition) is 9. The van der Waals surface area contributed by atoms with Crippen molar-refractivity contribution in [3.63, 3.8) is 0 Å². The third-order valence-corrected chi connectivity index (χ3v) is 15.6. The van der Waals surface area contributed by atoms with Crippen LogP contribution in [-0.2, 0) is 36.3 Å². The van der Waals surface area contributed by atoms with Crippen LogP contribution in [0.4, 0.5) is 5.69 Å². The summed E-state index contributed by atoms with van der Waals surface area (Å²) in [5.41, 5.74) is 6.60. The lowest BCUT2D eigenvalue weighted by Gasteiger charge is -2.33. The second kappa shape index (κ2) is 24.7. The number of ether oxygens (including phenoxy) is 2. The van der Waals surface area contributed by atoms with Crippen LogP contribution in [-0.4, -0.2) is 86.0 Å². The summed E-state index contributed by atoms with van der Waals surface area (Å²) < 4.78 is 48.1. The molecule has 0 bridgehead atoms. The maximum Gasteiger partial charge on any atom is 0.294 e. The van der Waals surface area contributed by atoms with Crippen molar-refractivity contribution >= 4 is 56.0 Å². The van der Waals surface area contributed by atoms with Crippen LogP contribution >= 0.6 is 11.6 Å². The first-order valence-electron chi connectivity index (χ1n) is 26.4. The number of rotatable bonds is 22.